The van der Waals surface area contributed by atoms with Gasteiger partial charge in [0.05, 0.1) is 11.1 Å². The summed E-state index contributed by atoms with van der Waals surface area (Å²) in [7, 11) is 0. The van der Waals surface area contributed by atoms with E-state index in [9.17, 15) is 26.3 Å². The predicted molar refractivity (Wildman–Crippen MR) is 69.8 cm³/mol. The summed E-state index contributed by atoms with van der Waals surface area (Å²) in [5.74, 6) is 0. The fraction of sp³-hybridized carbons (Fsp3) is 0.200. The highest BCUT2D eigenvalue weighted by Gasteiger charge is 2.34. The van der Waals surface area contributed by atoms with Crippen molar-refractivity contribution in [3.8, 4) is 11.1 Å². The van der Waals surface area contributed by atoms with E-state index in [-0.39, 0.29) is 23.2 Å². The molecule has 0 saturated heterocycles. The monoisotopic (exact) mass is 319 g/mol. The zero-order valence-corrected chi connectivity index (χ0v) is 11.1. The van der Waals surface area contributed by atoms with Gasteiger partial charge in [0.25, 0.3) is 0 Å². The second-order valence-corrected chi connectivity index (χ2v) is 4.61. The molecule has 0 spiro atoms. The fourth-order valence-electron chi connectivity index (χ4n) is 2.18. The van der Waals surface area contributed by atoms with Gasteiger partial charge in [-0.25, -0.2) is 0 Å². The third-order valence-electron chi connectivity index (χ3n) is 3.21. The zero-order chi connectivity index (χ0) is 16.5. The highest BCUT2D eigenvalue weighted by Crippen LogP contribution is 2.37. The first-order valence-electron chi connectivity index (χ1n) is 6.21. The van der Waals surface area contributed by atoms with Crippen LogP contribution in [0.25, 0.3) is 11.1 Å². The first-order valence-corrected chi connectivity index (χ1v) is 6.21. The lowest BCUT2D eigenvalue weighted by Crippen LogP contribution is -2.13. The molecule has 22 heavy (non-hydrogen) atoms. The summed E-state index contributed by atoms with van der Waals surface area (Å²) in [5, 5.41) is 0. The van der Waals surface area contributed by atoms with Gasteiger partial charge in [0.15, 0.2) is 0 Å². The molecule has 2 rings (SSSR count). The van der Waals surface area contributed by atoms with Gasteiger partial charge in [-0.05, 0) is 34.9 Å². The highest BCUT2D eigenvalue weighted by atomic mass is 19.4. The van der Waals surface area contributed by atoms with Crippen molar-refractivity contribution in [3.05, 3.63) is 59.2 Å². The Hall–Kier alpha value is -2.02. The lowest BCUT2D eigenvalue weighted by molar-refractivity contribution is -0.138. The van der Waals surface area contributed by atoms with Crippen LogP contribution in [0.15, 0.2) is 42.5 Å². The van der Waals surface area contributed by atoms with Crippen molar-refractivity contribution in [1.82, 2.24) is 0 Å². The van der Waals surface area contributed by atoms with Crippen molar-refractivity contribution < 1.29 is 26.3 Å². The second-order valence-electron chi connectivity index (χ2n) is 4.61. The average Bonchev–Trinajstić information content (AvgIpc) is 2.44. The Balaban J connectivity index is 2.54. The number of benzene rings is 2. The third-order valence-corrected chi connectivity index (χ3v) is 3.21. The van der Waals surface area contributed by atoms with Crippen LogP contribution in [-0.4, -0.2) is 0 Å². The minimum atomic E-state index is -4.57. The molecule has 2 aromatic rings. The Morgan fingerprint density at radius 2 is 1.36 bits per heavy atom. The van der Waals surface area contributed by atoms with Crippen LogP contribution in [0.2, 0.25) is 0 Å². The molecule has 0 aliphatic carbocycles. The fourth-order valence-corrected chi connectivity index (χ4v) is 2.18. The Kier molecular flexibility index (Phi) is 4.19. The van der Waals surface area contributed by atoms with Crippen LogP contribution < -0.4 is 5.73 Å². The molecule has 0 fully saturated rings. The van der Waals surface area contributed by atoms with E-state index in [1.807, 2.05) is 0 Å². The summed E-state index contributed by atoms with van der Waals surface area (Å²) in [5.41, 5.74) is 3.94. The van der Waals surface area contributed by atoms with E-state index in [1.165, 1.54) is 12.1 Å². The maximum absolute atomic E-state index is 12.9. The van der Waals surface area contributed by atoms with E-state index < -0.39 is 23.5 Å². The third kappa shape index (κ3) is 3.24. The molecule has 0 heterocycles. The number of nitrogens with two attached hydrogens (primary N) is 1. The van der Waals surface area contributed by atoms with Gasteiger partial charge in [-0.2, -0.15) is 26.3 Å². The smallest absolute Gasteiger partial charge is 0.326 e. The van der Waals surface area contributed by atoms with Crippen LogP contribution in [0.3, 0.4) is 0 Å². The van der Waals surface area contributed by atoms with E-state index in [0.29, 0.717) is 0 Å². The van der Waals surface area contributed by atoms with E-state index >= 15 is 0 Å². The molecule has 2 aromatic carbocycles. The molecule has 0 aliphatic rings. The molecule has 0 atom stereocenters. The first kappa shape index (κ1) is 16.4. The molecule has 118 valence electrons. The van der Waals surface area contributed by atoms with Crippen molar-refractivity contribution in [3.63, 3.8) is 0 Å². The Morgan fingerprint density at radius 3 is 1.82 bits per heavy atom. The summed E-state index contributed by atoms with van der Waals surface area (Å²) < 4.78 is 76.4. The number of rotatable bonds is 2. The second kappa shape index (κ2) is 5.64. The number of hydrogen-bond acceptors (Lipinski definition) is 1. The Bertz CT molecular complexity index is 655. The molecule has 0 amide bonds. The molecule has 1 nitrogen and oxygen atoms in total. The van der Waals surface area contributed by atoms with Gasteiger partial charge < -0.3 is 5.73 Å². The summed E-state index contributed by atoms with van der Waals surface area (Å²) in [6.45, 7) is -0.369. The van der Waals surface area contributed by atoms with E-state index in [2.05, 4.69) is 0 Å². The van der Waals surface area contributed by atoms with Gasteiger partial charge in [-0.1, -0.05) is 24.3 Å². The lowest BCUT2D eigenvalue weighted by atomic mass is 9.94. The van der Waals surface area contributed by atoms with Crippen molar-refractivity contribution in [1.29, 1.82) is 0 Å². The van der Waals surface area contributed by atoms with E-state index in [0.717, 1.165) is 30.3 Å². The average molecular weight is 319 g/mol. The van der Waals surface area contributed by atoms with Gasteiger partial charge in [0, 0.05) is 6.54 Å². The van der Waals surface area contributed by atoms with Gasteiger partial charge in [0.1, 0.15) is 0 Å². The maximum atomic E-state index is 12.9. The van der Waals surface area contributed by atoms with Crippen LogP contribution in [-0.2, 0) is 18.9 Å². The largest absolute Gasteiger partial charge is 0.416 e. The van der Waals surface area contributed by atoms with Gasteiger partial charge in [-0.15, -0.1) is 0 Å². The van der Waals surface area contributed by atoms with Crippen LogP contribution in [0, 0.1) is 0 Å². The number of alkyl halides is 6. The van der Waals surface area contributed by atoms with Crippen LogP contribution in [0.5, 0.6) is 0 Å². The summed E-state index contributed by atoms with van der Waals surface area (Å²) >= 11 is 0. The summed E-state index contributed by atoms with van der Waals surface area (Å²) in [6, 6.07) is 7.44. The van der Waals surface area contributed by atoms with Crippen molar-refractivity contribution >= 4 is 0 Å². The summed E-state index contributed by atoms with van der Waals surface area (Å²) in [6.07, 6.45) is -9.07. The number of hydrogen-bond donors (Lipinski definition) is 1. The minimum absolute atomic E-state index is 0.144. The molecule has 2 N–H and O–H groups in total. The van der Waals surface area contributed by atoms with Crippen molar-refractivity contribution in [2.24, 2.45) is 5.73 Å². The summed E-state index contributed by atoms with van der Waals surface area (Å²) in [4.78, 5) is 0. The van der Waals surface area contributed by atoms with Crippen LogP contribution >= 0.6 is 0 Å². The van der Waals surface area contributed by atoms with Gasteiger partial charge in [-0.3, -0.25) is 0 Å². The molecule has 0 saturated carbocycles. The standard InChI is InChI=1S/C15H11F6N/c16-14(17,18)10-6-4-9(5-7-10)11-2-1-3-13(12(11)8-22)15(19,20)21/h1-7H,8,22H2. The van der Waals surface area contributed by atoms with Crippen LogP contribution in [0.1, 0.15) is 16.7 Å². The molecular formula is C15H11F6N. The molecular weight excluding hydrogens is 308 g/mol. The molecule has 0 aliphatic heterocycles. The lowest BCUT2D eigenvalue weighted by Gasteiger charge is -2.16. The molecule has 0 aromatic heterocycles. The van der Waals surface area contributed by atoms with Crippen LogP contribution in [0.4, 0.5) is 26.3 Å². The first-order chi connectivity index (χ1) is 10.1. The van der Waals surface area contributed by atoms with Crippen molar-refractivity contribution in [2.45, 2.75) is 18.9 Å². The van der Waals surface area contributed by atoms with Crippen molar-refractivity contribution in [2.75, 3.05) is 0 Å². The van der Waals surface area contributed by atoms with E-state index in [1.54, 1.807) is 0 Å². The maximum Gasteiger partial charge on any atom is 0.416 e. The SMILES string of the molecule is NCc1c(-c2ccc(C(F)(F)F)cc2)cccc1C(F)(F)F. The minimum Gasteiger partial charge on any atom is -0.326 e. The highest BCUT2D eigenvalue weighted by molar-refractivity contribution is 5.69. The van der Waals surface area contributed by atoms with Gasteiger partial charge >= 0.3 is 12.4 Å². The normalized spacial score (nSPS) is 12.5. The molecule has 7 heteroatoms. The predicted octanol–water partition coefficient (Wildman–Crippen LogP) is 4.85. The van der Waals surface area contributed by atoms with E-state index in [4.69, 9.17) is 5.73 Å². The zero-order valence-electron chi connectivity index (χ0n) is 11.1. The molecule has 0 unspecified atom stereocenters. The number of halogens is 6. The molecule has 0 radical (unpaired) electrons. The Morgan fingerprint density at radius 1 is 0.773 bits per heavy atom. The quantitative estimate of drug-likeness (QED) is 0.787. The van der Waals surface area contributed by atoms with Gasteiger partial charge in [0.2, 0.25) is 0 Å². The Labute approximate surface area is 122 Å². The topological polar surface area (TPSA) is 26.0 Å². The molecule has 0 bridgehead atoms.